The standard InChI is InChI=1S/C22H37NO3Si/c1-18-21(24)23(16-19-12-8-7-9-13-19)17-20(26-18)14-10-11-15-25-27(5,6)22(2,3)4/h7-9,12-13,18,20H,10-11,14-17H2,1-6H3. The topological polar surface area (TPSA) is 38.8 Å². The lowest BCUT2D eigenvalue weighted by Gasteiger charge is -2.37. The van der Waals surface area contributed by atoms with Gasteiger partial charge in [-0.2, -0.15) is 0 Å². The summed E-state index contributed by atoms with van der Waals surface area (Å²) in [6, 6.07) is 10.2. The lowest BCUT2D eigenvalue weighted by molar-refractivity contribution is -0.161. The van der Waals surface area contributed by atoms with Gasteiger partial charge < -0.3 is 14.1 Å². The third-order valence-electron chi connectivity index (χ3n) is 5.89. The first kappa shape index (κ1) is 22.1. The van der Waals surface area contributed by atoms with E-state index in [1.165, 1.54) is 5.56 Å². The van der Waals surface area contributed by atoms with Crippen molar-refractivity contribution in [1.29, 1.82) is 0 Å². The maximum Gasteiger partial charge on any atom is 0.251 e. The van der Waals surface area contributed by atoms with Crippen LogP contribution >= 0.6 is 0 Å². The second-order valence-corrected chi connectivity index (χ2v) is 14.0. The van der Waals surface area contributed by atoms with E-state index in [0.717, 1.165) is 25.9 Å². The molecule has 1 aromatic rings. The predicted octanol–water partition coefficient (Wildman–Crippen LogP) is 4.99. The molecule has 1 aromatic carbocycles. The molecule has 0 radical (unpaired) electrons. The van der Waals surface area contributed by atoms with Gasteiger partial charge in [0.15, 0.2) is 8.32 Å². The van der Waals surface area contributed by atoms with Gasteiger partial charge in [-0.15, -0.1) is 0 Å². The summed E-state index contributed by atoms with van der Waals surface area (Å²) in [7, 11) is -1.65. The van der Waals surface area contributed by atoms with E-state index in [1.54, 1.807) is 0 Å². The highest BCUT2D eigenvalue weighted by atomic mass is 28.4. The van der Waals surface area contributed by atoms with E-state index in [2.05, 4.69) is 46.0 Å². The minimum Gasteiger partial charge on any atom is -0.417 e. The fourth-order valence-electron chi connectivity index (χ4n) is 3.11. The molecule has 2 rings (SSSR count). The Morgan fingerprint density at radius 1 is 1.19 bits per heavy atom. The predicted molar refractivity (Wildman–Crippen MR) is 113 cm³/mol. The van der Waals surface area contributed by atoms with Gasteiger partial charge in [0.25, 0.3) is 5.91 Å². The fraction of sp³-hybridized carbons (Fsp3) is 0.682. The number of ether oxygens (including phenoxy) is 1. The zero-order valence-electron chi connectivity index (χ0n) is 18.0. The van der Waals surface area contributed by atoms with Crippen molar-refractivity contribution in [3.63, 3.8) is 0 Å². The normalized spacial score (nSPS) is 21.6. The van der Waals surface area contributed by atoms with Crippen molar-refractivity contribution in [2.24, 2.45) is 0 Å². The number of morpholine rings is 1. The lowest BCUT2D eigenvalue weighted by Crippen LogP contribution is -2.50. The van der Waals surface area contributed by atoms with Crippen LogP contribution in [0, 0.1) is 0 Å². The lowest BCUT2D eigenvalue weighted by atomic mass is 10.1. The molecule has 2 atom stereocenters. The van der Waals surface area contributed by atoms with Crippen LogP contribution < -0.4 is 0 Å². The summed E-state index contributed by atoms with van der Waals surface area (Å²) in [4.78, 5) is 14.4. The smallest absolute Gasteiger partial charge is 0.251 e. The molecule has 0 spiro atoms. The number of nitrogens with zero attached hydrogens (tertiary/aromatic N) is 1. The van der Waals surface area contributed by atoms with Crippen LogP contribution in [0.5, 0.6) is 0 Å². The molecule has 1 fully saturated rings. The highest BCUT2D eigenvalue weighted by Crippen LogP contribution is 2.36. The van der Waals surface area contributed by atoms with Gasteiger partial charge in [-0.1, -0.05) is 51.1 Å². The molecular formula is C22H37NO3Si. The van der Waals surface area contributed by atoms with Gasteiger partial charge in [0, 0.05) is 19.7 Å². The van der Waals surface area contributed by atoms with E-state index < -0.39 is 8.32 Å². The quantitative estimate of drug-likeness (QED) is 0.463. The van der Waals surface area contributed by atoms with E-state index in [-0.39, 0.29) is 23.2 Å². The third kappa shape index (κ3) is 6.44. The Labute approximate surface area is 166 Å². The highest BCUT2D eigenvalue weighted by Gasteiger charge is 2.37. The summed E-state index contributed by atoms with van der Waals surface area (Å²) < 4.78 is 12.2. The van der Waals surface area contributed by atoms with Crippen molar-refractivity contribution in [2.75, 3.05) is 13.2 Å². The zero-order chi connectivity index (χ0) is 20.1. The maximum atomic E-state index is 12.4. The minimum atomic E-state index is -1.65. The number of carbonyl (C=O) groups is 1. The van der Waals surface area contributed by atoms with Crippen LogP contribution in [0.25, 0.3) is 0 Å². The molecule has 1 aliphatic heterocycles. The Hall–Kier alpha value is -1.17. The maximum absolute atomic E-state index is 12.4. The Kier molecular flexibility index (Phi) is 7.66. The van der Waals surface area contributed by atoms with E-state index in [0.29, 0.717) is 13.1 Å². The number of hydrogen-bond donors (Lipinski definition) is 0. The van der Waals surface area contributed by atoms with Gasteiger partial charge in [-0.25, -0.2) is 0 Å². The molecule has 1 amide bonds. The Balaban J connectivity index is 1.77. The van der Waals surface area contributed by atoms with Gasteiger partial charge in [0.05, 0.1) is 6.10 Å². The molecule has 27 heavy (non-hydrogen) atoms. The van der Waals surface area contributed by atoms with E-state index in [4.69, 9.17) is 9.16 Å². The summed E-state index contributed by atoms with van der Waals surface area (Å²) >= 11 is 0. The van der Waals surface area contributed by atoms with Gasteiger partial charge in [-0.3, -0.25) is 4.79 Å². The van der Waals surface area contributed by atoms with Gasteiger partial charge >= 0.3 is 0 Å². The molecule has 1 saturated heterocycles. The SMILES string of the molecule is CC1OC(CCCCO[Si](C)(C)C(C)(C)C)CN(Cc2ccccc2)C1=O. The van der Waals surface area contributed by atoms with Crippen molar-refractivity contribution in [3.8, 4) is 0 Å². The van der Waals surface area contributed by atoms with Crippen molar-refractivity contribution >= 4 is 14.2 Å². The molecule has 5 heteroatoms. The number of amides is 1. The van der Waals surface area contributed by atoms with Crippen LogP contribution in [0.4, 0.5) is 0 Å². The molecule has 0 bridgehead atoms. The number of unbranched alkanes of at least 4 members (excludes halogenated alkanes) is 1. The Morgan fingerprint density at radius 2 is 1.85 bits per heavy atom. The first-order valence-corrected chi connectivity index (χ1v) is 13.1. The Bertz CT molecular complexity index is 597. The number of rotatable bonds is 8. The Morgan fingerprint density at radius 3 is 2.48 bits per heavy atom. The van der Waals surface area contributed by atoms with Crippen LogP contribution in [0.3, 0.4) is 0 Å². The zero-order valence-corrected chi connectivity index (χ0v) is 19.0. The van der Waals surface area contributed by atoms with E-state index in [9.17, 15) is 4.79 Å². The van der Waals surface area contributed by atoms with Crippen LogP contribution in [0.2, 0.25) is 18.1 Å². The molecular weight excluding hydrogens is 354 g/mol. The van der Waals surface area contributed by atoms with Crippen LogP contribution in [0.15, 0.2) is 30.3 Å². The molecule has 2 unspecified atom stereocenters. The van der Waals surface area contributed by atoms with Gasteiger partial charge in [-0.05, 0) is 49.9 Å². The molecule has 0 aliphatic carbocycles. The largest absolute Gasteiger partial charge is 0.417 e. The monoisotopic (exact) mass is 391 g/mol. The molecule has 0 aromatic heterocycles. The summed E-state index contributed by atoms with van der Waals surface area (Å²) in [6.45, 7) is 15.5. The first-order chi connectivity index (χ1) is 12.6. The summed E-state index contributed by atoms with van der Waals surface area (Å²) in [5, 5.41) is 0.257. The van der Waals surface area contributed by atoms with Crippen molar-refractivity contribution in [2.45, 2.75) is 83.8 Å². The summed E-state index contributed by atoms with van der Waals surface area (Å²) in [5.74, 6) is 0.0939. The molecule has 1 aliphatic rings. The van der Waals surface area contributed by atoms with E-state index >= 15 is 0 Å². The van der Waals surface area contributed by atoms with Crippen molar-refractivity contribution in [3.05, 3.63) is 35.9 Å². The summed E-state index contributed by atoms with van der Waals surface area (Å²) in [6.07, 6.45) is 2.86. The number of hydrogen-bond acceptors (Lipinski definition) is 3. The van der Waals surface area contributed by atoms with Crippen molar-refractivity contribution < 1.29 is 14.0 Å². The van der Waals surface area contributed by atoms with Crippen LogP contribution in [-0.2, 0) is 20.5 Å². The van der Waals surface area contributed by atoms with Gasteiger partial charge in [0.1, 0.15) is 6.10 Å². The molecule has 152 valence electrons. The molecule has 0 saturated carbocycles. The molecule has 0 N–H and O–H groups in total. The summed E-state index contributed by atoms with van der Waals surface area (Å²) in [5.41, 5.74) is 1.17. The van der Waals surface area contributed by atoms with E-state index in [1.807, 2.05) is 30.0 Å². The highest BCUT2D eigenvalue weighted by molar-refractivity contribution is 6.74. The third-order valence-corrected chi connectivity index (χ3v) is 10.4. The number of carbonyl (C=O) groups excluding carboxylic acids is 1. The average molecular weight is 392 g/mol. The minimum absolute atomic E-state index is 0.0939. The van der Waals surface area contributed by atoms with Crippen LogP contribution in [-0.4, -0.2) is 44.5 Å². The fourth-order valence-corrected chi connectivity index (χ4v) is 4.19. The average Bonchev–Trinajstić information content (AvgIpc) is 2.58. The second kappa shape index (κ2) is 9.35. The second-order valence-electron chi connectivity index (χ2n) is 9.21. The molecule has 4 nitrogen and oxygen atoms in total. The number of benzene rings is 1. The molecule has 1 heterocycles. The van der Waals surface area contributed by atoms with Crippen LogP contribution in [0.1, 0.15) is 52.5 Å². The van der Waals surface area contributed by atoms with Crippen molar-refractivity contribution in [1.82, 2.24) is 4.90 Å². The van der Waals surface area contributed by atoms with Gasteiger partial charge in [0.2, 0.25) is 0 Å². The first-order valence-electron chi connectivity index (χ1n) is 10.2.